The van der Waals surface area contributed by atoms with Crippen LogP contribution in [0.1, 0.15) is 17.0 Å². The van der Waals surface area contributed by atoms with Gasteiger partial charge in [-0.3, -0.25) is 4.79 Å². The van der Waals surface area contributed by atoms with Crippen molar-refractivity contribution in [3.8, 4) is 0 Å². The minimum atomic E-state index is -0.166. The molecule has 0 aromatic heterocycles. The van der Waals surface area contributed by atoms with E-state index in [1.54, 1.807) is 0 Å². The fraction of sp³-hybridized carbons (Fsp3) is 0.174. The molecule has 3 aromatic rings. The molecule has 0 radical (unpaired) electrons. The highest BCUT2D eigenvalue weighted by Gasteiger charge is 2.41. The number of rotatable bonds is 4. The van der Waals surface area contributed by atoms with Gasteiger partial charge < -0.3 is 4.90 Å². The fourth-order valence-corrected chi connectivity index (χ4v) is 4.19. The number of carbonyl (C=O) groups is 1. The lowest BCUT2D eigenvalue weighted by atomic mass is 9.84. The average Bonchev–Trinajstić information content (AvgIpc) is 3.02. The van der Waals surface area contributed by atoms with Gasteiger partial charge in [0.1, 0.15) is 0 Å². The predicted molar refractivity (Wildman–Crippen MR) is 112 cm³/mol. The molecule has 0 saturated carbocycles. The van der Waals surface area contributed by atoms with Crippen molar-refractivity contribution < 1.29 is 4.79 Å². The van der Waals surface area contributed by atoms with Gasteiger partial charge in [0.15, 0.2) is 0 Å². The van der Waals surface area contributed by atoms with Crippen molar-refractivity contribution in [3.63, 3.8) is 0 Å². The zero-order chi connectivity index (χ0) is 18.8. The van der Waals surface area contributed by atoms with E-state index in [9.17, 15) is 4.79 Å². The third-order valence-electron chi connectivity index (χ3n) is 5.13. The van der Waals surface area contributed by atoms with Crippen LogP contribution < -0.4 is 4.90 Å². The lowest BCUT2D eigenvalue weighted by Crippen LogP contribution is -2.26. The van der Waals surface area contributed by atoms with Crippen molar-refractivity contribution in [3.05, 3.63) is 100 Å². The molecule has 1 heterocycles. The highest BCUT2D eigenvalue weighted by molar-refractivity contribution is 6.42. The van der Waals surface area contributed by atoms with E-state index in [0.717, 1.165) is 23.2 Å². The maximum Gasteiger partial charge on any atom is 0.234 e. The quantitative estimate of drug-likeness (QED) is 0.531. The summed E-state index contributed by atoms with van der Waals surface area (Å²) in [4.78, 5) is 15.2. The van der Waals surface area contributed by atoms with Crippen LogP contribution in [0, 0.1) is 5.92 Å². The Hall–Kier alpha value is -2.29. The molecule has 27 heavy (non-hydrogen) atoms. The number of benzene rings is 3. The molecule has 0 spiro atoms. The minimum absolute atomic E-state index is 0.150. The lowest BCUT2D eigenvalue weighted by molar-refractivity contribution is -0.118. The number of amides is 1. The molecule has 1 aliphatic rings. The van der Waals surface area contributed by atoms with Crippen molar-refractivity contribution >= 4 is 34.8 Å². The Balaban J connectivity index is 1.68. The summed E-state index contributed by atoms with van der Waals surface area (Å²) >= 11 is 12.3. The van der Waals surface area contributed by atoms with Crippen molar-refractivity contribution in [1.29, 1.82) is 0 Å². The van der Waals surface area contributed by atoms with Crippen molar-refractivity contribution in [2.75, 3.05) is 11.4 Å². The van der Waals surface area contributed by atoms with Crippen LogP contribution in [-0.4, -0.2) is 12.5 Å². The largest absolute Gasteiger partial charge is 0.312 e. The Morgan fingerprint density at radius 2 is 1.52 bits per heavy atom. The summed E-state index contributed by atoms with van der Waals surface area (Å²) in [6.45, 7) is 0.683. The molecule has 136 valence electrons. The molecule has 0 bridgehead atoms. The molecular weight excluding hydrogens is 377 g/mol. The molecule has 3 aromatic carbocycles. The topological polar surface area (TPSA) is 20.3 Å². The normalized spacial score (nSPS) is 19.5. The van der Waals surface area contributed by atoms with Gasteiger partial charge in [0.2, 0.25) is 5.91 Å². The molecule has 1 saturated heterocycles. The highest BCUT2D eigenvalue weighted by atomic mass is 35.5. The van der Waals surface area contributed by atoms with Crippen LogP contribution in [0.4, 0.5) is 5.69 Å². The summed E-state index contributed by atoms with van der Waals surface area (Å²) in [5, 5.41) is 1.10. The number of para-hydroxylation sites is 1. The molecule has 1 fully saturated rings. The predicted octanol–water partition coefficient (Wildman–Crippen LogP) is 5.98. The zero-order valence-corrected chi connectivity index (χ0v) is 16.2. The first-order valence-electron chi connectivity index (χ1n) is 8.99. The maximum atomic E-state index is 13.3. The van der Waals surface area contributed by atoms with E-state index >= 15 is 0 Å². The van der Waals surface area contributed by atoms with Gasteiger partial charge >= 0.3 is 0 Å². The van der Waals surface area contributed by atoms with Crippen molar-refractivity contribution in [2.24, 2.45) is 5.92 Å². The highest BCUT2D eigenvalue weighted by Crippen LogP contribution is 2.38. The molecule has 2 nitrogen and oxygen atoms in total. The van der Waals surface area contributed by atoms with Crippen LogP contribution in [-0.2, 0) is 11.2 Å². The first kappa shape index (κ1) is 18.1. The van der Waals surface area contributed by atoms with Gasteiger partial charge in [0, 0.05) is 12.2 Å². The van der Waals surface area contributed by atoms with E-state index in [1.807, 2.05) is 83.8 Å². The van der Waals surface area contributed by atoms with Gasteiger partial charge in [-0.2, -0.15) is 0 Å². The summed E-state index contributed by atoms with van der Waals surface area (Å²) in [5.41, 5.74) is 3.10. The van der Waals surface area contributed by atoms with E-state index in [4.69, 9.17) is 23.2 Å². The van der Waals surface area contributed by atoms with Crippen LogP contribution in [0.15, 0.2) is 78.9 Å². The first-order chi connectivity index (χ1) is 13.1. The van der Waals surface area contributed by atoms with Gasteiger partial charge in [-0.25, -0.2) is 0 Å². The maximum absolute atomic E-state index is 13.3. The number of nitrogens with zero attached hydrogens (tertiary/aromatic N) is 1. The third-order valence-corrected chi connectivity index (χ3v) is 5.87. The number of hydrogen-bond acceptors (Lipinski definition) is 1. The molecule has 1 amide bonds. The van der Waals surface area contributed by atoms with Crippen LogP contribution >= 0.6 is 23.2 Å². The van der Waals surface area contributed by atoms with Crippen LogP contribution in [0.5, 0.6) is 0 Å². The van der Waals surface area contributed by atoms with Crippen LogP contribution in [0.2, 0.25) is 10.0 Å². The Bertz CT molecular complexity index is 943. The fourth-order valence-electron chi connectivity index (χ4n) is 3.87. The van der Waals surface area contributed by atoms with E-state index in [1.165, 1.54) is 0 Å². The molecule has 0 aliphatic carbocycles. The van der Waals surface area contributed by atoms with Gasteiger partial charge in [0.05, 0.1) is 16.0 Å². The van der Waals surface area contributed by atoms with Gasteiger partial charge in [-0.1, -0.05) is 77.8 Å². The van der Waals surface area contributed by atoms with E-state index < -0.39 is 0 Å². The summed E-state index contributed by atoms with van der Waals surface area (Å²) in [5.74, 6) is 0.149. The number of carbonyl (C=O) groups excluding carboxylic acids is 1. The molecule has 0 N–H and O–H groups in total. The van der Waals surface area contributed by atoms with Crippen molar-refractivity contribution in [2.45, 2.75) is 12.3 Å². The lowest BCUT2D eigenvalue weighted by Gasteiger charge is -2.17. The number of hydrogen-bond donors (Lipinski definition) is 0. The minimum Gasteiger partial charge on any atom is -0.312 e. The molecule has 0 unspecified atom stereocenters. The van der Waals surface area contributed by atoms with Gasteiger partial charge in [0.25, 0.3) is 0 Å². The van der Waals surface area contributed by atoms with Crippen molar-refractivity contribution in [1.82, 2.24) is 0 Å². The first-order valence-corrected chi connectivity index (χ1v) is 9.74. The van der Waals surface area contributed by atoms with E-state index in [-0.39, 0.29) is 17.7 Å². The summed E-state index contributed by atoms with van der Waals surface area (Å²) in [6.07, 6.45) is 0.769. The number of halogens is 2. The molecule has 4 heteroatoms. The smallest absolute Gasteiger partial charge is 0.234 e. The Labute approximate surface area is 169 Å². The second-order valence-corrected chi connectivity index (χ2v) is 7.70. The SMILES string of the molecule is O=C1[C@@H](c2ccccc2)[C@H](Cc2ccc(Cl)c(Cl)c2)CN1c1ccccc1. The summed E-state index contributed by atoms with van der Waals surface area (Å²) < 4.78 is 0. The average molecular weight is 396 g/mol. The van der Waals surface area contributed by atoms with E-state index in [2.05, 4.69) is 0 Å². The van der Waals surface area contributed by atoms with Gasteiger partial charge in [-0.05, 0) is 47.7 Å². The summed E-state index contributed by atoms with van der Waals surface area (Å²) in [7, 11) is 0. The number of anilines is 1. The molecule has 2 atom stereocenters. The van der Waals surface area contributed by atoms with Crippen LogP contribution in [0.3, 0.4) is 0 Å². The Morgan fingerprint density at radius 1 is 0.852 bits per heavy atom. The van der Waals surface area contributed by atoms with Crippen LogP contribution in [0.25, 0.3) is 0 Å². The molecule has 1 aliphatic heterocycles. The van der Waals surface area contributed by atoms with E-state index in [0.29, 0.717) is 16.6 Å². The van der Waals surface area contributed by atoms with Gasteiger partial charge in [-0.15, -0.1) is 0 Å². The Kier molecular flexibility index (Phi) is 5.20. The third kappa shape index (κ3) is 3.73. The monoisotopic (exact) mass is 395 g/mol. The molecule has 4 rings (SSSR count). The standard InChI is InChI=1S/C23H19Cl2NO/c24-20-12-11-16(14-21(20)25)13-18-15-26(19-9-5-2-6-10-19)23(27)22(18)17-7-3-1-4-8-17/h1-12,14,18,22H,13,15H2/t18-,22+/m1/s1. The zero-order valence-electron chi connectivity index (χ0n) is 14.7. The second kappa shape index (κ2) is 7.75. The molecular formula is C23H19Cl2NO. The Morgan fingerprint density at radius 3 is 2.19 bits per heavy atom. The summed E-state index contributed by atoms with van der Waals surface area (Å²) in [6, 6.07) is 25.6. The second-order valence-electron chi connectivity index (χ2n) is 6.89.